The van der Waals surface area contributed by atoms with Gasteiger partial charge in [-0.1, -0.05) is 36.4 Å². The highest BCUT2D eigenvalue weighted by Gasteiger charge is 2.26. The van der Waals surface area contributed by atoms with Gasteiger partial charge in [0.1, 0.15) is 5.69 Å². The van der Waals surface area contributed by atoms with Crippen LogP contribution >= 0.6 is 11.6 Å². The number of fused-ring (bicyclic) bond motifs is 1. The van der Waals surface area contributed by atoms with Crippen LogP contribution in [0, 0.1) is 0 Å². The molecule has 3 rings (SSSR count). The van der Waals surface area contributed by atoms with Crippen LogP contribution in [0.1, 0.15) is 41.5 Å². The Morgan fingerprint density at radius 1 is 1.44 bits per heavy atom. The van der Waals surface area contributed by atoms with Gasteiger partial charge in [0.2, 0.25) is 0 Å². The SMILES string of the molecule is CCC(Cl)c1cn(CC2Cc3ccccc32)nn1. The summed E-state index contributed by atoms with van der Waals surface area (Å²) in [5.74, 6) is 0.575. The number of hydrogen-bond acceptors (Lipinski definition) is 2. The predicted octanol–water partition coefficient (Wildman–Crippen LogP) is 3.31. The summed E-state index contributed by atoms with van der Waals surface area (Å²) in [7, 11) is 0. The molecule has 0 saturated heterocycles. The van der Waals surface area contributed by atoms with E-state index in [4.69, 9.17) is 11.6 Å². The molecule has 1 aliphatic rings. The molecule has 0 N–H and O–H groups in total. The third-order valence-electron chi connectivity index (χ3n) is 3.60. The Kier molecular flexibility index (Phi) is 3.08. The maximum absolute atomic E-state index is 6.15. The van der Waals surface area contributed by atoms with E-state index in [0.29, 0.717) is 5.92 Å². The van der Waals surface area contributed by atoms with Gasteiger partial charge in [0.15, 0.2) is 0 Å². The molecule has 1 aromatic heterocycles. The van der Waals surface area contributed by atoms with Crippen LogP contribution in [0.5, 0.6) is 0 Å². The highest BCUT2D eigenvalue weighted by atomic mass is 35.5. The van der Waals surface area contributed by atoms with E-state index in [2.05, 4.69) is 41.5 Å². The summed E-state index contributed by atoms with van der Waals surface area (Å²) < 4.78 is 1.92. The van der Waals surface area contributed by atoms with Gasteiger partial charge in [-0.15, -0.1) is 16.7 Å². The Bertz CT molecular complexity index is 549. The van der Waals surface area contributed by atoms with Crippen molar-refractivity contribution >= 4 is 11.6 Å². The van der Waals surface area contributed by atoms with Gasteiger partial charge in [0, 0.05) is 18.7 Å². The average molecular weight is 262 g/mol. The molecular weight excluding hydrogens is 246 g/mol. The molecule has 0 amide bonds. The monoisotopic (exact) mass is 261 g/mol. The molecule has 1 heterocycles. The van der Waals surface area contributed by atoms with Crippen molar-refractivity contribution in [2.75, 3.05) is 0 Å². The first-order valence-corrected chi connectivity index (χ1v) is 6.83. The molecule has 0 bridgehead atoms. The van der Waals surface area contributed by atoms with Crippen LogP contribution in [0.25, 0.3) is 0 Å². The van der Waals surface area contributed by atoms with Crippen molar-refractivity contribution in [2.45, 2.75) is 37.6 Å². The lowest BCUT2D eigenvalue weighted by Gasteiger charge is -2.29. The number of hydrogen-bond donors (Lipinski definition) is 0. The maximum atomic E-state index is 6.15. The zero-order chi connectivity index (χ0) is 12.5. The first kappa shape index (κ1) is 11.7. The standard InChI is InChI=1S/C14H16ClN3/c1-2-13(15)14-9-18(17-16-14)8-11-7-10-5-3-4-6-12(10)11/h3-6,9,11,13H,2,7-8H2,1H3. The van der Waals surface area contributed by atoms with E-state index in [1.807, 2.05) is 10.9 Å². The first-order valence-electron chi connectivity index (χ1n) is 6.40. The molecule has 94 valence electrons. The van der Waals surface area contributed by atoms with Crippen LogP contribution in [0.4, 0.5) is 0 Å². The van der Waals surface area contributed by atoms with Gasteiger partial charge < -0.3 is 0 Å². The summed E-state index contributed by atoms with van der Waals surface area (Å²) in [5.41, 5.74) is 3.80. The highest BCUT2D eigenvalue weighted by molar-refractivity contribution is 6.20. The van der Waals surface area contributed by atoms with E-state index < -0.39 is 0 Å². The van der Waals surface area contributed by atoms with Gasteiger partial charge in [-0.05, 0) is 24.0 Å². The number of aromatic nitrogens is 3. The van der Waals surface area contributed by atoms with Crippen LogP contribution < -0.4 is 0 Å². The third-order valence-corrected chi connectivity index (χ3v) is 4.14. The number of nitrogens with zero attached hydrogens (tertiary/aromatic N) is 3. The summed E-state index contributed by atoms with van der Waals surface area (Å²) in [6.45, 7) is 2.95. The number of alkyl halides is 1. The molecule has 4 heteroatoms. The third kappa shape index (κ3) is 2.03. The van der Waals surface area contributed by atoms with Gasteiger partial charge in [0.05, 0.1) is 5.38 Å². The van der Waals surface area contributed by atoms with Crippen molar-refractivity contribution in [2.24, 2.45) is 0 Å². The van der Waals surface area contributed by atoms with Crippen molar-refractivity contribution in [1.29, 1.82) is 0 Å². The summed E-state index contributed by atoms with van der Waals surface area (Å²) in [4.78, 5) is 0. The number of rotatable bonds is 4. The fourth-order valence-corrected chi connectivity index (χ4v) is 2.61. The Morgan fingerprint density at radius 2 is 2.28 bits per heavy atom. The van der Waals surface area contributed by atoms with E-state index in [1.54, 1.807) is 0 Å². The van der Waals surface area contributed by atoms with Crippen molar-refractivity contribution in [3.05, 3.63) is 47.3 Å². The Balaban J connectivity index is 1.70. The summed E-state index contributed by atoms with van der Waals surface area (Å²) in [6.07, 6.45) is 4.00. The van der Waals surface area contributed by atoms with Gasteiger partial charge in [-0.3, -0.25) is 4.68 Å². The molecule has 3 nitrogen and oxygen atoms in total. The first-order chi connectivity index (χ1) is 8.78. The molecule has 0 spiro atoms. The van der Waals surface area contributed by atoms with Crippen molar-refractivity contribution in [3.8, 4) is 0 Å². The molecule has 2 unspecified atom stereocenters. The van der Waals surface area contributed by atoms with E-state index in [-0.39, 0.29) is 5.38 Å². The summed E-state index contributed by atoms with van der Waals surface area (Å²) >= 11 is 6.15. The summed E-state index contributed by atoms with van der Waals surface area (Å²) in [5, 5.41) is 8.28. The predicted molar refractivity (Wildman–Crippen MR) is 71.8 cm³/mol. The molecule has 1 aliphatic carbocycles. The molecule has 0 fully saturated rings. The maximum Gasteiger partial charge on any atom is 0.100 e. The average Bonchev–Trinajstić information content (AvgIpc) is 2.84. The second-order valence-corrected chi connectivity index (χ2v) is 5.37. The quantitative estimate of drug-likeness (QED) is 0.791. The van der Waals surface area contributed by atoms with E-state index in [1.165, 1.54) is 11.1 Å². The van der Waals surface area contributed by atoms with E-state index in [0.717, 1.165) is 25.1 Å². The van der Waals surface area contributed by atoms with Crippen molar-refractivity contribution in [1.82, 2.24) is 15.0 Å². The highest BCUT2D eigenvalue weighted by Crippen LogP contribution is 2.35. The minimum Gasteiger partial charge on any atom is -0.252 e. The Hall–Kier alpha value is -1.35. The normalized spacial score (nSPS) is 19.1. The van der Waals surface area contributed by atoms with E-state index in [9.17, 15) is 0 Å². The topological polar surface area (TPSA) is 30.7 Å². The lowest BCUT2D eigenvalue weighted by molar-refractivity contribution is 0.465. The zero-order valence-electron chi connectivity index (χ0n) is 10.4. The fourth-order valence-electron chi connectivity index (χ4n) is 2.51. The molecule has 0 radical (unpaired) electrons. The fraction of sp³-hybridized carbons (Fsp3) is 0.429. The van der Waals surface area contributed by atoms with Gasteiger partial charge >= 0.3 is 0 Å². The second-order valence-electron chi connectivity index (χ2n) is 4.84. The lowest BCUT2D eigenvalue weighted by Crippen LogP contribution is -2.22. The second kappa shape index (κ2) is 4.73. The molecule has 0 saturated carbocycles. The van der Waals surface area contributed by atoms with Gasteiger partial charge in [0.25, 0.3) is 0 Å². The van der Waals surface area contributed by atoms with Gasteiger partial charge in [-0.2, -0.15) is 0 Å². The van der Waals surface area contributed by atoms with Crippen LogP contribution in [0.3, 0.4) is 0 Å². The van der Waals surface area contributed by atoms with Crippen LogP contribution in [0.2, 0.25) is 0 Å². The van der Waals surface area contributed by atoms with Crippen molar-refractivity contribution in [3.63, 3.8) is 0 Å². The molecule has 2 atom stereocenters. The molecule has 18 heavy (non-hydrogen) atoms. The lowest BCUT2D eigenvalue weighted by atomic mass is 9.78. The van der Waals surface area contributed by atoms with Gasteiger partial charge in [-0.25, -0.2) is 0 Å². The Morgan fingerprint density at radius 3 is 3.06 bits per heavy atom. The largest absolute Gasteiger partial charge is 0.252 e. The van der Waals surface area contributed by atoms with E-state index >= 15 is 0 Å². The van der Waals surface area contributed by atoms with Crippen molar-refractivity contribution < 1.29 is 0 Å². The minimum atomic E-state index is -0.0209. The molecular formula is C14H16ClN3. The molecule has 0 aliphatic heterocycles. The summed E-state index contributed by atoms with van der Waals surface area (Å²) in [6, 6.07) is 8.60. The number of benzene rings is 1. The smallest absolute Gasteiger partial charge is 0.100 e. The molecule has 1 aromatic carbocycles. The van der Waals surface area contributed by atoms with Crippen LogP contribution in [-0.2, 0) is 13.0 Å². The molecule has 2 aromatic rings. The Labute approximate surface area is 112 Å². The number of halogens is 1. The minimum absolute atomic E-state index is 0.0209. The zero-order valence-corrected chi connectivity index (χ0v) is 11.1. The van der Waals surface area contributed by atoms with Crippen LogP contribution in [0.15, 0.2) is 30.5 Å². The van der Waals surface area contributed by atoms with Crippen LogP contribution in [-0.4, -0.2) is 15.0 Å².